The summed E-state index contributed by atoms with van der Waals surface area (Å²) in [4.78, 5) is 6.98. The summed E-state index contributed by atoms with van der Waals surface area (Å²) < 4.78 is 24.6. The molecule has 7 heteroatoms. The minimum absolute atomic E-state index is 0.0868. The summed E-state index contributed by atoms with van der Waals surface area (Å²) in [6, 6.07) is 22.8. The molecule has 174 valence electrons. The number of nitrogens with zero attached hydrogens (tertiary/aromatic N) is 2. The van der Waals surface area contributed by atoms with Crippen molar-refractivity contribution in [2.75, 3.05) is 18.0 Å². The largest absolute Gasteiger partial charge is 0.385 e. The maximum Gasteiger partial charge on any atom is 0.238 e. The SMILES string of the molecule is Cc1ccc(S(N)(=O)=O)c(-c2ccc(N3CCC(O)(c4ccccc4)CC3)c3cccnc23)c1. The lowest BCUT2D eigenvalue weighted by molar-refractivity contribution is 0.0118. The second-order valence-corrected chi connectivity index (χ2v) is 10.5. The quantitative estimate of drug-likeness (QED) is 0.459. The molecule has 1 aromatic heterocycles. The number of benzene rings is 3. The number of anilines is 1. The van der Waals surface area contributed by atoms with Gasteiger partial charge in [-0.25, -0.2) is 13.6 Å². The predicted molar refractivity (Wildman–Crippen MR) is 135 cm³/mol. The second-order valence-electron chi connectivity index (χ2n) is 8.96. The molecule has 0 spiro atoms. The van der Waals surface area contributed by atoms with Crippen LogP contribution in [0.25, 0.3) is 22.0 Å². The summed E-state index contributed by atoms with van der Waals surface area (Å²) in [5, 5.41) is 17.7. The summed E-state index contributed by atoms with van der Waals surface area (Å²) in [6.07, 6.45) is 2.95. The van der Waals surface area contributed by atoms with E-state index in [2.05, 4.69) is 9.88 Å². The van der Waals surface area contributed by atoms with E-state index in [0.717, 1.165) is 33.3 Å². The molecule has 0 bridgehead atoms. The molecule has 1 aliphatic heterocycles. The lowest BCUT2D eigenvalue weighted by Crippen LogP contribution is -2.42. The van der Waals surface area contributed by atoms with Gasteiger partial charge >= 0.3 is 0 Å². The van der Waals surface area contributed by atoms with Crippen LogP contribution in [0.4, 0.5) is 5.69 Å². The molecule has 0 radical (unpaired) electrons. The number of piperidine rings is 1. The standard InChI is InChI=1S/C27H27N3O3S/c1-19-9-12-25(34(28,32)33)23(18-19)21-10-11-24(22-8-5-15-29-26(21)22)30-16-13-27(31,14-17-30)20-6-3-2-4-7-20/h2-12,15,18,31H,13-14,16-17H2,1H3,(H2,28,32,33). The molecule has 5 rings (SSSR count). The number of aliphatic hydroxyl groups is 1. The summed E-state index contributed by atoms with van der Waals surface area (Å²) in [5.41, 5.74) is 4.07. The first-order valence-corrected chi connectivity index (χ1v) is 12.9. The Bertz CT molecular complexity index is 1460. The molecule has 1 saturated heterocycles. The third-order valence-corrected chi connectivity index (χ3v) is 7.69. The van der Waals surface area contributed by atoms with Gasteiger partial charge in [-0.15, -0.1) is 0 Å². The van der Waals surface area contributed by atoms with Gasteiger partial charge in [-0.1, -0.05) is 48.0 Å². The van der Waals surface area contributed by atoms with Gasteiger partial charge in [-0.2, -0.15) is 0 Å². The Balaban J connectivity index is 1.55. The highest BCUT2D eigenvalue weighted by Gasteiger charge is 2.34. The lowest BCUT2D eigenvalue weighted by atomic mass is 9.84. The maximum atomic E-state index is 12.3. The number of primary sulfonamides is 1. The predicted octanol–water partition coefficient (Wildman–Crippen LogP) is 4.35. The number of sulfonamides is 1. The van der Waals surface area contributed by atoms with Gasteiger partial charge in [0.25, 0.3) is 0 Å². The van der Waals surface area contributed by atoms with Crippen LogP contribution >= 0.6 is 0 Å². The Labute approximate surface area is 199 Å². The van der Waals surface area contributed by atoms with Crippen LogP contribution in [0.15, 0.2) is 83.9 Å². The number of aryl methyl sites for hydroxylation is 1. The fourth-order valence-electron chi connectivity index (χ4n) is 4.91. The molecule has 0 aliphatic carbocycles. The van der Waals surface area contributed by atoms with Crippen LogP contribution in [0.3, 0.4) is 0 Å². The Hall–Kier alpha value is -3.26. The first-order chi connectivity index (χ1) is 16.3. The van der Waals surface area contributed by atoms with Crippen LogP contribution in [0.1, 0.15) is 24.0 Å². The number of aromatic nitrogens is 1. The fourth-order valence-corrected chi connectivity index (χ4v) is 5.64. The molecule has 34 heavy (non-hydrogen) atoms. The fraction of sp³-hybridized carbons (Fsp3) is 0.222. The molecular formula is C27H27N3O3S. The van der Waals surface area contributed by atoms with Crippen molar-refractivity contribution in [3.8, 4) is 11.1 Å². The van der Waals surface area contributed by atoms with Crippen molar-refractivity contribution in [1.29, 1.82) is 0 Å². The zero-order valence-electron chi connectivity index (χ0n) is 19.0. The summed E-state index contributed by atoms with van der Waals surface area (Å²) in [7, 11) is -3.90. The van der Waals surface area contributed by atoms with Crippen molar-refractivity contribution in [3.63, 3.8) is 0 Å². The van der Waals surface area contributed by atoms with Gasteiger partial charge in [-0.3, -0.25) is 4.98 Å². The summed E-state index contributed by atoms with van der Waals surface area (Å²) >= 11 is 0. The molecule has 1 aliphatic rings. The lowest BCUT2D eigenvalue weighted by Gasteiger charge is -2.40. The van der Waals surface area contributed by atoms with E-state index in [1.54, 1.807) is 18.3 Å². The average Bonchev–Trinajstić information content (AvgIpc) is 2.84. The molecule has 2 heterocycles. The molecule has 0 amide bonds. The number of hydrogen-bond acceptors (Lipinski definition) is 5. The molecule has 4 aromatic rings. The van der Waals surface area contributed by atoms with E-state index < -0.39 is 15.6 Å². The van der Waals surface area contributed by atoms with E-state index >= 15 is 0 Å². The molecule has 6 nitrogen and oxygen atoms in total. The number of pyridine rings is 1. The minimum atomic E-state index is -3.90. The molecular weight excluding hydrogens is 446 g/mol. The minimum Gasteiger partial charge on any atom is -0.385 e. The van der Waals surface area contributed by atoms with Crippen LogP contribution in [0, 0.1) is 6.92 Å². The second kappa shape index (κ2) is 8.51. The smallest absolute Gasteiger partial charge is 0.238 e. The van der Waals surface area contributed by atoms with Crippen molar-refractivity contribution in [2.45, 2.75) is 30.3 Å². The van der Waals surface area contributed by atoms with Gasteiger partial charge in [0.1, 0.15) is 0 Å². The van der Waals surface area contributed by atoms with Gasteiger partial charge in [0.15, 0.2) is 0 Å². The van der Waals surface area contributed by atoms with Gasteiger partial charge in [0, 0.05) is 41.5 Å². The maximum absolute atomic E-state index is 12.3. The summed E-state index contributed by atoms with van der Waals surface area (Å²) in [5.74, 6) is 0. The zero-order chi connectivity index (χ0) is 23.9. The normalized spacial score (nSPS) is 16.0. The Morgan fingerprint density at radius 3 is 2.38 bits per heavy atom. The van der Waals surface area contributed by atoms with Crippen molar-refractivity contribution in [2.24, 2.45) is 5.14 Å². The molecule has 0 atom stereocenters. The first-order valence-electron chi connectivity index (χ1n) is 11.3. The molecule has 0 unspecified atom stereocenters. The van der Waals surface area contributed by atoms with E-state index in [1.165, 1.54) is 0 Å². The van der Waals surface area contributed by atoms with Gasteiger partial charge in [0.2, 0.25) is 10.0 Å². The highest BCUT2D eigenvalue weighted by atomic mass is 32.2. The van der Waals surface area contributed by atoms with E-state index in [1.807, 2.05) is 67.6 Å². The highest BCUT2D eigenvalue weighted by molar-refractivity contribution is 7.89. The Kier molecular flexibility index (Phi) is 5.64. The zero-order valence-corrected chi connectivity index (χ0v) is 19.8. The average molecular weight is 474 g/mol. The van der Waals surface area contributed by atoms with E-state index in [-0.39, 0.29) is 4.90 Å². The Morgan fingerprint density at radius 1 is 0.941 bits per heavy atom. The summed E-state index contributed by atoms with van der Waals surface area (Å²) in [6.45, 7) is 3.31. The third-order valence-electron chi connectivity index (χ3n) is 6.72. The van der Waals surface area contributed by atoms with Crippen LogP contribution in [-0.4, -0.2) is 31.6 Å². The molecule has 0 saturated carbocycles. The molecule has 1 fully saturated rings. The van der Waals surface area contributed by atoms with Crippen molar-refractivity contribution < 1.29 is 13.5 Å². The van der Waals surface area contributed by atoms with Crippen molar-refractivity contribution in [3.05, 3.63) is 90.1 Å². The molecule has 3 N–H and O–H groups in total. The van der Waals surface area contributed by atoms with Gasteiger partial charge < -0.3 is 10.0 Å². The van der Waals surface area contributed by atoms with E-state index in [9.17, 15) is 13.5 Å². The van der Waals surface area contributed by atoms with Crippen molar-refractivity contribution in [1.82, 2.24) is 4.98 Å². The monoisotopic (exact) mass is 473 g/mol. The Morgan fingerprint density at radius 2 is 1.68 bits per heavy atom. The van der Waals surface area contributed by atoms with Crippen LogP contribution in [0.2, 0.25) is 0 Å². The number of fused-ring (bicyclic) bond motifs is 1. The topological polar surface area (TPSA) is 96.5 Å². The van der Waals surface area contributed by atoms with E-state index in [0.29, 0.717) is 31.5 Å². The van der Waals surface area contributed by atoms with Gasteiger partial charge in [0.05, 0.1) is 16.0 Å². The number of nitrogens with two attached hydrogens (primary N) is 1. The number of rotatable bonds is 4. The molecule has 3 aromatic carbocycles. The van der Waals surface area contributed by atoms with E-state index in [4.69, 9.17) is 5.14 Å². The first kappa shape index (κ1) is 22.5. The number of hydrogen-bond donors (Lipinski definition) is 2. The van der Waals surface area contributed by atoms with Crippen LogP contribution in [-0.2, 0) is 15.6 Å². The van der Waals surface area contributed by atoms with Gasteiger partial charge in [-0.05, 0) is 55.7 Å². The van der Waals surface area contributed by atoms with Crippen molar-refractivity contribution >= 4 is 26.6 Å². The van der Waals surface area contributed by atoms with Crippen LogP contribution in [0.5, 0.6) is 0 Å². The van der Waals surface area contributed by atoms with Crippen LogP contribution < -0.4 is 10.0 Å². The highest BCUT2D eigenvalue weighted by Crippen LogP contribution is 2.40. The third kappa shape index (κ3) is 4.07.